The predicted octanol–water partition coefficient (Wildman–Crippen LogP) is 2.13. The molecular weight excluding hydrogens is 261 g/mol. The molecule has 0 atom stereocenters. The van der Waals surface area contributed by atoms with Gasteiger partial charge < -0.3 is 9.47 Å². The third-order valence-electron chi connectivity index (χ3n) is 3.67. The molecule has 0 amide bonds. The van der Waals surface area contributed by atoms with E-state index in [1.54, 1.807) is 0 Å². The van der Waals surface area contributed by atoms with Gasteiger partial charge in [0.15, 0.2) is 5.78 Å². The fraction of sp³-hybridized carbons (Fsp3) is 0.533. The lowest BCUT2D eigenvalue weighted by Gasteiger charge is -2.30. The average Bonchev–Trinajstić information content (AvgIpc) is 2.48. The number of rotatable bonds is 5. The molecule has 0 bridgehead atoms. The Hall–Kier alpha value is -1.46. The first-order valence-corrected chi connectivity index (χ1v) is 6.76. The highest BCUT2D eigenvalue weighted by Crippen LogP contribution is 2.21. The minimum absolute atomic E-state index is 0.129. The maximum atomic E-state index is 13.3. The summed E-state index contributed by atoms with van der Waals surface area (Å²) in [6.45, 7) is 1.71. The van der Waals surface area contributed by atoms with E-state index in [4.69, 9.17) is 9.47 Å². The van der Waals surface area contributed by atoms with E-state index < -0.39 is 5.82 Å². The van der Waals surface area contributed by atoms with Gasteiger partial charge in [-0.3, -0.25) is 9.69 Å². The molecular formula is C15H20FNO3. The highest BCUT2D eigenvalue weighted by molar-refractivity contribution is 6.00. The van der Waals surface area contributed by atoms with Gasteiger partial charge in [0.1, 0.15) is 11.6 Å². The van der Waals surface area contributed by atoms with Crippen LogP contribution in [0.25, 0.3) is 0 Å². The Balaban J connectivity index is 2.05. The lowest BCUT2D eigenvalue weighted by molar-refractivity contribution is 0.0418. The third-order valence-corrected chi connectivity index (χ3v) is 3.67. The van der Waals surface area contributed by atoms with Gasteiger partial charge in [0.25, 0.3) is 0 Å². The summed E-state index contributed by atoms with van der Waals surface area (Å²) in [4.78, 5) is 14.3. The van der Waals surface area contributed by atoms with E-state index in [2.05, 4.69) is 0 Å². The van der Waals surface area contributed by atoms with Crippen LogP contribution in [0.5, 0.6) is 5.75 Å². The van der Waals surface area contributed by atoms with E-state index in [1.807, 2.05) is 11.9 Å². The molecule has 1 aliphatic heterocycles. The van der Waals surface area contributed by atoms with Gasteiger partial charge in [-0.25, -0.2) is 4.39 Å². The maximum Gasteiger partial charge on any atom is 0.180 e. The fourth-order valence-corrected chi connectivity index (χ4v) is 2.46. The summed E-state index contributed by atoms with van der Waals surface area (Å²) in [7, 11) is 3.39. The summed E-state index contributed by atoms with van der Waals surface area (Å²) in [6.07, 6.45) is 1.84. The topological polar surface area (TPSA) is 38.8 Å². The maximum absolute atomic E-state index is 13.3. The van der Waals surface area contributed by atoms with Gasteiger partial charge in [-0.05, 0) is 38.1 Å². The van der Waals surface area contributed by atoms with Crippen LogP contribution in [0.15, 0.2) is 18.2 Å². The van der Waals surface area contributed by atoms with E-state index >= 15 is 0 Å². The molecule has 2 rings (SSSR count). The fourth-order valence-electron chi connectivity index (χ4n) is 2.46. The second-order valence-corrected chi connectivity index (χ2v) is 5.03. The van der Waals surface area contributed by atoms with Gasteiger partial charge in [-0.2, -0.15) is 0 Å². The predicted molar refractivity (Wildman–Crippen MR) is 73.8 cm³/mol. The zero-order valence-corrected chi connectivity index (χ0v) is 11.9. The molecule has 0 saturated carbocycles. The number of hydrogen-bond donors (Lipinski definition) is 0. The summed E-state index contributed by atoms with van der Waals surface area (Å²) >= 11 is 0. The minimum atomic E-state index is -0.428. The van der Waals surface area contributed by atoms with Crippen LogP contribution in [0.2, 0.25) is 0 Å². The molecule has 1 aromatic carbocycles. The van der Waals surface area contributed by atoms with Gasteiger partial charge in [-0.15, -0.1) is 0 Å². The number of nitrogens with zero attached hydrogens (tertiary/aromatic N) is 1. The molecule has 4 nitrogen and oxygen atoms in total. The number of carbonyl (C=O) groups is 1. The van der Waals surface area contributed by atoms with Crippen molar-refractivity contribution in [1.29, 1.82) is 0 Å². The molecule has 0 aliphatic carbocycles. The number of halogens is 1. The van der Waals surface area contributed by atoms with Crippen LogP contribution in [0, 0.1) is 5.82 Å². The van der Waals surface area contributed by atoms with Crippen LogP contribution in [-0.4, -0.2) is 50.6 Å². The molecule has 0 spiro atoms. The van der Waals surface area contributed by atoms with Crippen LogP contribution in [0.3, 0.4) is 0 Å². The first kappa shape index (κ1) is 14.9. The van der Waals surface area contributed by atoms with Crippen LogP contribution in [-0.2, 0) is 4.74 Å². The quantitative estimate of drug-likeness (QED) is 0.775. The Bertz CT molecular complexity index is 472. The Morgan fingerprint density at radius 1 is 1.45 bits per heavy atom. The standard InChI is InChI=1S/C15H20FNO3/c1-17(12-5-7-20-8-6-12)10-14(18)13-9-11(16)3-4-15(13)19-2/h3-4,9,12H,5-8,10H2,1-2H3. The van der Waals surface area contributed by atoms with Crippen molar-refractivity contribution in [3.05, 3.63) is 29.6 Å². The van der Waals surface area contributed by atoms with Gasteiger partial charge in [-0.1, -0.05) is 0 Å². The van der Waals surface area contributed by atoms with Crippen LogP contribution >= 0.6 is 0 Å². The van der Waals surface area contributed by atoms with Crippen LogP contribution in [0.1, 0.15) is 23.2 Å². The highest BCUT2D eigenvalue weighted by Gasteiger charge is 2.22. The molecule has 20 heavy (non-hydrogen) atoms. The molecule has 1 saturated heterocycles. The van der Waals surface area contributed by atoms with Gasteiger partial charge in [0, 0.05) is 19.3 Å². The normalized spacial score (nSPS) is 16.4. The minimum Gasteiger partial charge on any atom is -0.496 e. The van der Waals surface area contributed by atoms with Crippen molar-refractivity contribution in [1.82, 2.24) is 4.90 Å². The van der Waals surface area contributed by atoms with E-state index in [9.17, 15) is 9.18 Å². The SMILES string of the molecule is COc1ccc(F)cc1C(=O)CN(C)C1CCOCC1. The lowest BCUT2D eigenvalue weighted by Crippen LogP contribution is -2.39. The largest absolute Gasteiger partial charge is 0.496 e. The number of hydrogen-bond acceptors (Lipinski definition) is 4. The zero-order valence-electron chi connectivity index (χ0n) is 11.9. The first-order chi connectivity index (χ1) is 9.61. The van der Waals surface area contributed by atoms with E-state index in [-0.39, 0.29) is 12.3 Å². The van der Waals surface area contributed by atoms with Gasteiger partial charge in [0.2, 0.25) is 0 Å². The number of benzene rings is 1. The molecule has 1 aliphatic rings. The number of methoxy groups -OCH3 is 1. The Morgan fingerprint density at radius 2 is 2.15 bits per heavy atom. The van der Waals surface area contributed by atoms with E-state index in [0.717, 1.165) is 26.1 Å². The van der Waals surface area contributed by atoms with Crippen molar-refractivity contribution in [3.63, 3.8) is 0 Å². The summed E-state index contributed by atoms with van der Waals surface area (Å²) in [6, 6.07) is 4.35. The van der Waals surface area contributed by atoms with Gasteiger partial charge in [0.05, 0.1) is 19.2 Å². The third kappa shape index (κ3) is 3.55. The molecule has 1 aromatic rings. The van der Waals surface area contributed by atoms with Crippen LogP contribution < -0.4 is 4.74 Å². The first-order valence-electron chi connectivity index (χ1n) is 6.76. The Morgan fingerprint density at radius 3 is 2.80 bits per heavy atom. The van der Waals surface area contributed by atoms with Gasteiger partial charge >= 0.3 is 0 Å². The van der Waals surface area contributed by atoms with E-state index in [0.29, 0.717) is 17.4 Å². The van der Waals surface area contributed by atoms with Crippen molar-refractivity contribution >= 4 is 5.78 Å². The number of Topliss-reactive ketones (excluding diaryl/α,β-unsaturated/α-hetero) is 1. The van der Waals surface area contributed by atoms with Crippen molar-refractivity contribution in [2.45, 2.75) is 18.9 Å². The average molecular weight is 281 g/mol. The number of carbonyl (C=O) groups excluding carboxylic acids is 1. The number of likely N-dealkylation sites (N-methyl/N-ethyl adjacent to an activating group) is 1. The Kier molecular flexibility index (Phi) is 5.09. The second-order valence-electron chi connectivity index (χ2n) is 5.03. The lowest BCUT2D eigenvalue weighted by atomic mass is 10.1. The summed E-state index contributed by atoms with van der Waals surface area (Å²) in [5.41, 5.74) is 0.298. The molecule has 0 aromatic heterocycles. The summed E-state index contributed by atoms with van der Waals surface area (Å²) in [5.74, 6) is -0.144. The van der Waals surface area contributed by atoms with Crippen molar-refractivity contribution in [2.24, 2.45) is 0 Å². The Labute approximate surface area is 118 Å². The zero-order chi connectivity index (χ0) is 14.5. The summed E-state index contributed by atoms with van der Waals surface area (Å²) in [5, 5.41) is 0. The van der Waals surface area contributed by atoms with Crippen molar-refractivity contribution in [3.8, 4) is 5.75 Å². The molecule has 1 fully saturated rings. The number of ketones is 1. The second kappa shape index (κ2) is 6.81. The highest BCUT2D eigenvalue weighted by atomic mass is 19.1. The molecule has 0 unspecified atom stereocenters. The smallest absolute Gasteiger partial charge is 0.180 e. The van der Waals surface area contributed by atoms with Crippen molar-refractivity contribution < 1.29 is 18.7 Å². The summed E-state index contributed by atoms with van der Waals surface area (Å²) < 4.78 is 23.7. The van der Waals surface area contributed by atoms with Crippen LogP contribution in [0.4, 0.5) is 4.39 Å². The molecule has 110 valence electrons. The molecule has 1 heterocycles. The molecule has 0 N–H and O–H groups in total. The monoisotopic (exact) mass is 281 g/mol. The molecule has 5 heteroatoms. The van der Waals surface area contributed by atoms with E-state index in [1.165, 1.54) is 25.3 Å². The van der Waals surface area contributed by atoms with Crippen molar-refractivity contribution in [2.75, 3.05) is 33.9 Å². The number of ether oxygens (including phenoxy) is 2. The molecule has 0 radical (unpaired) electrons.